The number of ether oxygens (including phenoxy) is 1. The number of aromatic hydroxyl groups is 1. The molecule has 0 unspecified atom stereocenters. The number of nitrogens with one attached hydrogen (secondary N) is 1. The number of halogens is 5. The van der Waals surface area contributed by atoms with Crippen LogP contribution in [0.2, 0.25) is 5.02 Å². The van der Waals surface area contributed by atoms with E-state index >= 15 is 0 Å². The molecule has 4 aromatic carbocycles. The van der Waals surface area contributed by atoms with E-state index in [2.05, 4.69) is 21.2 Å². The van der Waals surface area contributed by atoms with Crippen LogP contribution in [0.1, 0.15) is 15.9 Å². The molecule has 0 aliphatic heterocycles. The Bertz CT molecular complexity index is 1380. The molecule has 0 radical (unpaired) electrons. The highest BCUT2D eigenvalue weighted by molar-refractivity contribution is 9.10. The third-order valence-corrected chi connectivity index (χ3v) is 5.92. The smallest absolute Gasteiger partial charge is 0.416 e. The summed E-state index contributed by atoms with van der Waals surface area (Å²) in [5.41, 5.74) is -1.09. The minimum atomic E-state index is -4.63. The molecule has 0 fully saturated rings. The maximum atomic E-state index is 12.7. The third kappa shape index (κ3) is 4.91. The Morgan fingerprint density at radius 2 is 1.70 bits per heavy atom. The molecule has 0 atom stereocenters. The zero-order valence-corrected chi connectivity index (χ0v) is 18.9. The van der Waals surface area contributed by atoms with Gasteiger partial charge in [0.05, 0.1) is 20.6 Å². The minimum Gasteiger partial charge on any atom is -0.507 e. The quantitative estimate of drug-likeness (QED) is 0.278. The van der Waals surface area contributed by atoms with Gasteiger partial charge in [-0.05, 0) is 69.2 Å². The summed E-state index contributed by atoms with van der Waals surface area (Å²) >= 11 is 9.86. The van der Waals surface area contributed by atoms with Crippen LogP contribution in [0.25, 0.3) is 10.8 Å². The molecule has 0 saturated carbocycles. The van der Waals surface area contributed by atoms with Crippen molar-refractivity contribution in [3.05, 3.63) is 93.4 Å². The Kier molecular flexibility index (Phi) is 6.23. The predicted molar refractivity (Wildman–Crippen MR) is 124 cm³/mol. The van der Waals surface area contributed by atoms with Gasteiger partial charge in [-0.3, -0.25) is 4.79 Å². The largest absolute Gasteiger partial charge is 0.507 e. The van der Waals surface area contributed by atoms with Crippen LogP contribution >= 0.6 is 27.5 Å². The Labute approximate surface area is 199 Å². The third-order valence-electron chi connectivity index (χ3n) is 4.81. The number of anilines is 1. The lowest BCUT2D eigenvalue weighted by atomic mass is 10.1. The number of rotatable bonds is 4. The predicted octanol–water partition coefficient (Wildman–Crippen LogP) is 8.02. The van der Waals surface area contributed by atoms with E-state index in [0.717, 1.165) is 27.4 Å². The monoisotopic (exact) mass is 535 g/mol. The summed E-state index contributed by atoms with van der Waals surface area (Å²) in [5.74, 6) is -0.692. The van der Waals surface area contributed by atoms with Crippen molar-refractivity contribution in [1.82, 2.24) is 0 Å². The number of fused-ring (bicyclic) bond motifs is 1. The van der Waals surface area contributed by atoms with Gasteiger partial charge in [-0.15, -0.1) is 0 Å². The zero-order chi connectivity index (χ0) is 23.8. The van der Waals surface area contributed by atoms with Crippen LogP contribution < -0.4 is 10.1 Å². The summed E-state index contributed by atoms with van der Waals surface area (Å²) in [6.07, 6.45) is -4.63. The standard InChI is InChI=1S/C24H14BrClF3NO3/c25-22-16-4-2-1-3-13(16)5-9-21(22)33-20-10-7-15(12-18(20)26)30-23(32)17-8-6-14(11-19(17)31)24(27,28)29/h1-12,31H,(H,30,32). The van der Waals surface area contributed by atoms with Crippen molar-refractivity contribution in [2.75, 3.05) is 5.32 Å². The number of phenols is 1. The van der Waals surface area contributed by atoms with Gasteiger partial charge >= 0.3 is 6.18 Å². The molecule has 0 aliphatic carbocycles. The van der Waals surface area contributed by atoms with Crippen molar-refractivity contribution in [2.24, 2.45) is 0 Å². The molecule has 0 saturated heterocycles. The molecule has 0 heterocycles. The topological polar surface area (TPSA) is 58.6 Å². The first kappa shape index (κ1) is 22.9. The number of carbonyl (C=O) groups excluding carboxylic acids is 1. The number of hydrogen-bond donors (Lipinski definition) is 2. The summed E-state index contributed by atoms with van der Waals surface area (Å²) in [7, 11) is 0. The van der Waals surface area contributed by atoms with Gasteiger partial charge in [0.2, 0.25) is 0 Å². The van der Waals surface area contributed by atoms with Gasteiger partial charge in [-0.25, -0.2) is 0 Å². The fourth-order valence-corrected chi connectivity index (χ4v) is 3.96. The molecule has 33 heavy (non-hydrogen) atoms. The molecule has 0 spiro atoms. The van der Waals surface area contributed by atoms with Crippen LogP contribution in [0.15, 0.2) is 77.3 Å². The van der Waals surface area contributed by atoms with Crippen LogP contribution in [-0.4, -0.2) is 11.0 Å². The highest BCUT2D eigenvalue weighted by Gasteiger charge is 2.31. The molecule has 0 bridgehead atoms. The summed E-state index contributed by atoms with van der Waals surface area (Å²) < 4.78 is 44.9. The molecular formula is C24H14BrClF3NO3. The van der Waals surface area contributed by atoms with Crippen molar-refractivity contribution in [3.63, 3.8) is 0 Å². The van der Waals surface area contributed by atoms with Gasteiger partial charge in [0.25, 0.3) is 5.91 Å². The van der Waals surface area contributed by atoms with Crippen molar-refractivity contribution in [1.29, 1.82) is 0 Å². The van der Waals surface area contributed by atoms with Gasteiger partial charge in [0.1, 0.15) is 17.2 Å². The van der Waals surface area contributed by atoms with Gasteiger partial charge in [0.15, 0.2) is 0 Å². The van der Waals surface area contributed by atoms with Gasteiger partial charge in [-0.1, -0.05) is 41.9 Å². The molecule has 0 aliphatic rings. The van der Waals surface area contributed by atoms with E-state index in [9.17, 15) is 23.1 Å². The van der Waals surface area contributed by atoms with Crippen LogP contribution in [0.5, 0.6) is 17.2 Å². The number of hydrogen-bond acceptors (Lipinski definition) is 3. The van der Waals surface area contributed by atoms with E-state index in [0.29, 0.717) is 17.6 Å². The number of phenolic OH excluding ortho intramolecular Hbond substituents is 1. The normalized spacial score (nSPS) is 11.4. The van der Waals surface area contributed by atoms with Crippen molar-refractivity contribution in [2.45, 2.75) is 6.18 Å². The molecule has 4 nitrogen and oxygen atoms in total. The fourth-order valence-electron chi connectivity index (χ4n) is 3.17. The molecule has 4 rings (SSSR count). The average molecular weight is 537 g/mol. The molecule has 168 valence electrons. The number of amides is 1. The highest BCUT2D eigenvalue weighted by atomic mass is 79.9. The lowest BCUT2D eigenvalue weighted by Gasteiger charge is -2.13. The first-order chi connectivity index (χ1) is 15.6. The minimum absolute atomic E-state index is 0.199. The Balaban J connectivity index is 1.52. The summed E-state index contributed by atoms with van der Waals surface area (Å²) in [6.45, 7) is 0. The van der Waals surface area contributed by atoms with Crippen molar-refractivity contribution < 1.29 is 27.8 Å². The summed E-state index contributed by atoms with van der Waals surface area (Å²) in [6, 6.07) is 18.1. The van der Waals surface area contributed by atoms with Gasteiger partial charge < -0.3 is 15.2 Å². The van der Waals surface area contributed by atoms with E-state index in [1.807, 2.05) is 30.3 Å². The van der Waals surface area contributed by atoms with Gasteiger partial charge in [0, 0.05) is 5.69 Å². The van der Waals surface area contributed by atoms with Crippen LogP contribution in [-0.2, 0) is 6.18 Å². The summed E-state index contributed by atoms with van der Waals surface area (Å²) in [4.78, 5) is 12.4. The molecule has 4 aromatic rings. The number of carbonyl (C=O) groups is 1. The summed E-state index contributed by atoms with van der Waals surface area (Å²) in [5, 5.41) is 14.5. The lowest BCUT2D eigenvalue weighted by molar-refractivity contribution is -0.137. The van der Waals surface area contributed by atoms with Crippen LogP contribution in [0.4, 0.5) is 18.9 Å². The Morgan fingerprint density at radius 3 is 2.39 bits per heavy atom. The SMILES string of the molecule is O=C(Nc1ccc(Oc2ccc3ccccc3c2Br)c(Cl)c1)c1ccc(C(F)(F)F)cc1O. The van der Waals surface area contributed by atoms with Crippen LogP contribution in [0, 0.1) is 0 Å². The molecule has 1 amide bonds. The van der Waals surface area contributed by atoms with E-state index in [-0.39, 0.29) is 16.3 Å². The van der Waals surface area contributed by atoms with Crippen molar-refractivity contribution in [3.8, 4) is 17.2 Å². The number of alkyl halides is 3. The first-order valence-corrected chi connectivity index (χ1v) is 10.7. The molecule has 0 aromatic heterocycles. The van der Waals surface area contributed by atoms with E-state index in [4.69, 9.17) is 16.3 Å². The Hall–Kier alpha value is -3.23. The first-order valence-electron chi connectivity index (χ1n) is 9.49. The highest BCUT2D eigenvalue weighted by Crippen LogP contribution is 2.39. The second kappa shape index (κ2) is 8.96. The maximum absolute atomic E-state index is 12.7. The van der Waals surface area contributed by atoms with Gasteiger partial charge in [-0.2, -0.15) is 13.2 Å². The lowest BCUT2D eigenvalue weighted by Crippen LogP contribution is -2.13. The van der Waals surface area contributed by atoms with E-state index in [1.54, 1.807) is 12.1 Å². The van der Waals surface area contributed by atoms with E-state index in [1.165, 1.54) is 12.1 Å². The average Bonchev–Trinajstić information content (AvgIpc) is 2.76. The molecular weight excluding hydrogens is 523 g/mol. The maximum Gasteiger partial charge on any atom is 0.416 e. The molecule has 2 N–H and O–H groups in total. The van der Waals surface area contributed by atoms with E-state index < -0.39 is 23.4 Å². The number of benzene rings is 4. The second-order valence-electron chi connectivity index (χ2n) is 7.03. The van der Waals surface area contributed by atoms with Crippen LogP contribution in [0.3, 0.4) is 0 Å². The fraction of sp³-hybridized carbons (Fsp3) is 0.0417. The van der Waals surface area contributed by atoms with Crippen molar-refractivity contribution >= 4 is 49.9 Å². The Morgan fingerprint density at radius 1 is 0.970 bits per heavy atom. The zero-order valence-electron chi connectivity index (χ0n) is 16.6. The second-order valence-corrected chi connectivity index (χ2v) is 8.23. The molecule has 9 heteroatoms.